The summed E-state index contributed by atoms with van der Waals surface area (Å²) in [6.07, 6.45) is 0. The van der Waals surface area contributed by atoms with Crippen molar-refractivity contribution in [3.8, 4) is 0 Å². The van der Waals surface area contributed by atoms with Crippen LogP contribution in [-0.2, 0) is 0 Å². The number of carbonyl (C=O) groups is 2. The number of nitrogen functional groups attached to an aromatic ring is 2. The van der Waals surface area contributed by atoms with Gasteiger partial charge in [0, 0.05) is 22.5 Å². The van der Waals surface area contributed by atoms with E-state index in [1.165, 1.54) is 0 Å². The first-order valence-corrected chi connectivity index (χ1v) is 11.1. The minimum atomic E-state index is -0.477. The Hall–Kier alpha value is -5.24. The number of nitrogens with two attached hydrogens (primary N) is 2. The quantitative estimate of drug-likeness (QED) is 0.183. The molecule has 0 aliphatic heterocycles. The van der Waals surface area contributed by atoms with Crippen molar-refractivity contribution in [1.29, 1.82) is 0 Å². The molecule has 0 atom stereocenters. The molecule has 0 heterocycles. The van der Waals surface area contributed by atoms with E-state index in [9.17, 15) is 9.59 Å². The Morgan fingerprint density at radius 2 is 0.833 bits per heavy atom. The highest BCUT2D eigenvalue weighted by Gasteiger charge is 2.18. The van der Waals surface area contributed by atoms with Crippen molar-refractivity contribution < 1.29 is 9.59 Å². The van der Waals surface area contributed by atoms with E-state index in [0.717, 1.165) is 0 Å². The van der Waals surface area contributed by atoms with Crippen LogP contribution in [0.4, 0.5) is 11.4 Å². The molecule has 8 heteroatoms. The number of para-hydroxylation sites is 2. The smallest absolute Gasteiger partial charge is 0.273 e. The molecule has 0 unspecified atom stereocenters. The van der Waals surface area contributed by atoms with Gasteiger partial charge in [-0.1, -0.05) is 84.9 Å². The van der Waals surface area contributed by atoms with Gasteiger partial charge in [0.25, 0.3) is 11.8 Å². The number of rotatable bonds is 7. The zero-order valence-electron chi connectivity index (χ0n) is 19.3. The standard InChI is InChI=1S/C28H24N6O2/c29-23-17-9-7-15-21(23)27(35)33-31-25(19-11-3-1-4-12-19)26(20-13-5-2-6-14-20)32-34-28(36)22-16-8-10-18-24(22)30/h1-18H,29-30H2,(H,33,35)(H,34,36). The molecule has 4 rings (SSSR count). The Morgan fingerprint density at radius 3 is 1.19 bits per heavy atom. The van der Waals surface area contributed by atoms with Crippen LogP contribution in [-0.4, -0.2) is 23.2 Å². The van der Waals surface area contributed by atoms with Gasteiger partial charge in [-0.25, -0.2) is 10.9 Å². The molecular formula is C28H24N6O2. The molecule has 0 aromatic heterocycles. The average Bonchev–Trinajstić information content (AvgIpc) is 2.91. The largest absolute Gasteiger partial charge is 0.398 e. The van der Waals surface area contributed by atoms with Crippen LogP contribution in [0, 0.1) is 0 Å². The van der Waals surface area contributed by atoms with E-state index in [0.29, 0.717) is 45.1 Å². The van der Waals surface area contributed by atoms with Crippen LogP contribution in [0.15, 0.2) is 119 Å². The predicted molar refractivity (Wildman–Crippen MR) is 143 cm³/mol. The van der Waals surface area contributed by atoms with Crippen molar-refractivity contribution in [1.82, 2.24) is 10.9 Å². The number of hydrazone groups is 2. The average molecular weight is 477 g/mol. The topological polar surface area (TPSA) is 135 Å². The van der Waals surface area contributed by atoms with Crippen LogP contribution >= 0.6 is 0 Å². The lowest BCUT2D eigenvalue weighted by molar-refractivity contribution is 0.0947. The van der Waals surface area contributed by atoms with Crippen molar-refractivity contribution in [3.63, 3.8) is 0 Å². The molecule has 4 aromatic rings. The summed E-state index contributed by atoms with van der Waals surface area (Å²) in [5, 5.41) is 8.82. The maximum Gasteiger partial charge on any atom is 0.273 e. The maximum absolute atomic E-state index is 12.8. The van der Waals surface area contributed by atoms with Gasteiger partial charge >= 0.3 is 0 Å². The molecule has 0 bridgehead atoms. The third-order valence-electron chi connectivity index (χ3n) is 5.27. The van der Waals surface area contributed by atoms with E-state index in [1.54, 1.807) is 48.5 Å². The summed E-state index contributed by atoms with van der Waals surface area (Å²) in [5.74, 6) is -0.954. The molecule has 0 spiro atoms. The minimum Gasteiger partial charge on any atom is -0.398 e. The molecule has 0 radical (unpaired) electrons. The van der Waals surface area contributed by atoms with Crippen molar-refractivity contribution >= 4 is 34.6 Å². The van der Waals surface area contributed by atoms with Crippen LogP contribution < -0.4 is 22.3 Å². The fourth-order valence-electron chi connectivity index (χ4n) is 3.44. The third-order valence-corrected chi connectivity index (χ3v) is 5.27. The van der Waals surface area contributed by atoms with Crippen molar-refractivity contribution in [2.75, 3.05) is 11.5 Å². The molecule has 178 valence electrons. The summed E-state index contributed by atoms with van der Waals surface area (Å²) in [4.78, 5) is 25.7. The Labute approximate surface area is 208 Å². The molecule has 0 aliphatic carbocycles. The zero-order chi connectivity index (χ0) is 25.3. The number of anilines is 2. The van der Waals surface area contributed by atoms with Crippen molar-refractivity contribution in [2.45, 2.75) is 0 Å². The molecule has 0 aliphatic rings. The van der Waals surface area contributed by atoms with Gasteiger partial charge in [-0.15, -0.1) is 0 Å². The van der Waals surface area contributed by atoms with Gasteiger partial charge in [0.15, 0.2) is 0 Å². The first kappa shape index (κ1) is 23.9. The molecule has 6 N–H and O–H groups in total. The Kier molecular flexibility index (Phi) is 7.47. The molecule has 0 saturated heterocycles. The molecule has 8 nitrogen and oxygen atoms in total. The van der Waals surface area contributed by atoms with Gasteiger partial charge in [-0.3, -0.25) is 9.59 Å². The second-order valence-electron chi connectivity index (χ2n) is 7.71. The van der Waals surface area contributed by atoms with E-state index >= 15 is 0 Å². The number of hydrogen-bond donors (Lipinski definition) is 4. The Bertz CT molecular complexity index is 1320. The Balaban J connectivity index is 1.76. The van der Waals surface area contributed by atoms with Crippen LogP contribution in [0.1, 0.15) is 31.8 Å². The fraction of sp³-hybridized carbons (Fsp3) is 0. The minimum absolute atomic E-state index is 0.291. The number of nitrogens with one attached hydrogen (secondary N) is 2. The van der Waals surface area contributed by atoms with Crippen LogP contribution in [0.25, 0.3) is 0 Å². The summed E-state index contributed by atoms with van der Waals surface area (Å²) in [7, 11) is 0. The van der Waals surface area contributed by atoms with Crippen molar-refractivity contribution in [3.05, 3.63) is 131 Å². The maximum atomic E-state index is 12.8. The Morgan fingerprint density at radius 1 is 0.500 bits per heavy atom. The van der Waals surface area contributed by atoms with Crippen molar-refractivity contribution in [2.24, 2.45) is 10.2 Å². The lowest BCUT2D eigenvalue weighted by Crippen LogP contribution is -2.28. The van der Waals surface area contributed by atoms with Gasteiger partial charge in [-0.05, 0) is 24.3 Å². The number of hydrogen-bond acceptors (Lipinski definition) is 6. The molecule has 4 aromatic carbocycles. The number of amides is 2. The SMILES string of the molecule is Nc1ccccc1C(=O)NN=C(C(=NNC(=O)c1ccccc1N)c1ccccc1)c1ccccc1. The highest BCUT2D eigenvalue weighted by Crippen LogP contribution is 2.14. The van der Waals surface area contributed by atoms with Gasteiger partial charge < -0.3 is 11.5 Å². The van der Waals surface area contributed by atoms with E-state index in [1.807, 2.05) is 60.7 Å². The van der Waals surface area contributed by atoms with E-state index in [-0.39, 0.29) is 0 Å². The second-order valence-corrected chi connectivity index (χ2v) is 7.71. The summed E-state index contributed by atoms with van der Waals surface area (Å²) in [6, 6.07) is 31.8. The second kappa shape index (κ2) is 11.3. The molecule has 36 heavy (non-hydrogen) atoms. The fourth-order valence-corrected chi connectivity index (χ4v) is 3.44. The van der Waals surface area contributed by atoms with E-state index < -0.39 is 11.8 Å². The van der Waals surface area contributed by atoms with Gasteiger partial charge in [-0.2, -0.15) is 10.2 Å². The van der Waals surface area contributed by atoms with E-state index in [2.05, 4.69) is 21.1 Å². The first-order chi connectivity index (χ1) is 17.5. The van der Waals surface area contributed by atoms with Crippen LogP contribution in [0.2, 0.25) is 0 Å². The van der Waals surface area contributed by atoms with Gasteiger partial charge in [0.05, 0.1) is 11.1 Å². The predicted octanol–water partition coefficient (Wildman–Crippen LogP) is 3.82. The zero-order valence-corrected chi connectivity index (χ0v) is 19.3. The normalized spacial score (nSPS) is 11.6. The molecule has 0 saturated carbocycles. The monoisotopic (exact) mass is 476 g/mol. The van der Waals surface area contributed by atoms with Crippen LogP contribution in [0.5, 0.6) is 0 Å². The number of benzene rings is 4. The summed E-state index contributed by atoms with van der Waals surface area (Å²) in [5.41, 5.74) is 20.3. The lowest BCUT2D eigenvalue weighted by atomic mass is 10.00. The molecule has 0 fully saturated rings. The summed E-state index contributed by atoms with van der Waals surface area (Å²) >= 11 is 0. The molecular weight excluding hydrogens is 452 g/mol. The van der Waals surface area contributed by atoms with Gasteiger partial charge in [0.1, 0.15) is 11.4 Å². The number of nitrogens with zero attached hydrogens (tertiary/aromatic N) is 2. The first-order valence-electron chi connectivity index (χ1n) is 11.1. The summed E-state index contributed by atoms with van der Waals surface area (Å²) < 4.78 is 0. The third kappa shape index (κ3) is 5.63. The molecule has 2 amide bonds. The van der Waals surface area contributed by atoms with Crippen LogP contribution in [0.3, 0.4) is 0 Å². The lowest BCUT2D eigenvalue weighted by Gasteiger charge is -2.12. The van der Waals surface area contributed by atoms with E-state index in [4.69, 9.17) is 11.5 Å². The number of carbonyl (C=O) groups excluding carboxylic acids is 2. The highest BCUT2D eigenvalue weighted by atomic mass is 16.2. The summed E-state index contributed by atoms with van der Waals surface area (Å²) in [6.45, 7) is 0. The van der Waals surface area contributed by atoms with Gasteiger partial charge in [0.2, 0.25) is 0 Å². The highest BCUT2D eigenvalue weighted by molar-refractivity contribution is 6.53.